The number of hydrogen-bond donors (Lipinski definition) is 1. The molecular weight excluding hydrogens is 294 g/mol. The summed E-state index contributed by atoms with van der Waals surface area (Å²) in [5, 5.41) is 9.53. The Hall–Kier alpha value is -1.75. The third-order valence-electron chi connectivity index (χ3n) is 3.52. The normalized spacial score (nSPS) is 18.4. The number of hydrogen-bond acceptors (Lipinski definition) is 4. The number of halogens is 1. The number of nitrogens with zero attached hydrogens (tertiary/aromatic N) is 1. The first-order valence-electron chi connectivity index (χ1n) is 7.00. The fourth-order valence-corrected chi connectivity index (χ4v) is 2.64. The lowest BCUT2D eigenvalue weighted by atomic mass is 10.0. The first-order chi connectivity index (χ1) is 10.0. The summed E-state index contributed by atoms with van der Waals surface area (Å²) in [7, 11) is 0. The molecule has 1 amide bonds. The number of phenolic OH excluding ortho intramolecular Hbond substituents is 1. The molecule has 0 radical (unpaired) electrons. The average Bonchev–Trinajstić information content (AvgIpc) is 2.49. The van der Waals surface area contributed by atoms with Gasteiger partial charge in [-0.1, -0.05) is 11.6 Å². The lowest BCUT2D eigenvalue weighted by molar-refractivity contribution is -0.149. The zero-order chi connectivity index (χ0) is 15.4. The van der Waals surface area contributed by atoms with Crippen LogP contribution in [0.5, 0.6) is 5.75 Å². The van der Waals surface area contributed by atoms with Gasteiger partial charge in [-0.15, -0.1) is 0 Å². The molecule has 1 heterocycles. The van der Waals surface area contributed by atoms with E-state index in [1.807, 2.05) is 0 Å². The number of phenols is 1. The molecule has 1 aliphatic heterocycles. The van der Waals surface area contributed by atoms with Crippen molar-refractivity contribution in [2.24, 2.45) is 0 Å². The number of likely N-dealkylation sites (tertiary alicyclic amines) is 1. The number of carbonyl (C=O) groups is 2. The van der Waals surface area contributed by atoms with Gasteiger partial charge in [0.25, 0.3) is 5.91 Å². The zero-order valence-electron chi connectivity index (χ0n) is 11.8. The Balaban J connectivity index is 2.21. The van der Waals surface area contributed by atoms with Crippen LogP contribution in [0, 0.1) is 0 Å². The molecule has 1 aromatic carbocycles. The zero-order valence-corrected chi connectivity index (χ0v) is 12.6. The van der Waals surface area contributed by atoms with E-state index in [0.29, 0.717) is 25.1 Å². The summed E-state index contributed by atoms with van der Waals surface area (Å²) >= 11 is 5.83. The second-order valence-corrected chi connectivity index (χ2v) is 5.34. The maximum absolute atomic E-state index is 12.6. The number of piperidine rings is 1. The lowest BCUT2D eigenvalue weighted by Crippen LogP contribution is -2.48. The van der Waals surface area contributed by atoms with Crippen LogP contribution in [-0.4, -0.2) is 41.1 Å². The monoisotopic (exact) mass is 311 g/mol. The van der Waals surface area contributed by atoms with Crippen molar-refractivity contribution in [2.75, 3.05) is 13.2 Å². The van der Waals surface area contributed by atoms with E-state index in [2.05, 4.69) is 0 Å². The maximum Gasteiger partial charge on any atom is 0.328 e. The van der Waals surface area contributed by atoms with Crippen LogP contribution in [0.4, 0.5) is 0 Å². The molecule has 1 aliphatic rings. The smallest absolute Gasteiger partial charge is 0.328 e. The van der Waals surface area contributed by atoms with E-state index in [9.17, 15) is 14.7 Å². The van der Waals surface area contributed by atoms with E-state index in [1.54, 1.807) is 6.92 Å². The van der Waals surface area contributed by atoms with E-state index in [1.165, 1.54) is 23.1 Å². The molecule has 0 spiro atoms. The SMILES string of the molecule is CCOC(=O)C1CCCCN1C(=O)c1ccc(O)c(Cl)c1. The number of aromatic hydroxyl groups is 1. The van der Waals surface area contributed by atoms with Crippen LogP contribution in [0.15, 0.2) is 18.2 Å². The Morgan fingerprint density at radius 1 is 1.43 bits per heavy atom. The molecule has 5 nitrogen and oxygen atoms in total. The summed E-state index contributed by atoms with van der Waals surface area (Å²) in [6, 6.07) is 3.74. The Labute approximate surface area is 128 Å². The van der Waals surface area contributed by atoms with Crippen LogP contribution in [-0.2, 0) is 9.53 Å². The van der Waals surface area contributed by atoms with Gasteiger partial charge in [-0.25, -0.2) is 4.79 Å². The van der Waals surface area contributed by atoms with Gasteiger partial charge in [-0.05, 0) is 44.4 Å². The third kappa shape index (κ3) is 3.47. The van der Waals surface area contributed by atoms with Crippen LogP contribution in [0.1, 0.15) is 36.5 Å². The van der Waals surface area contributed by atoms with Gasteiger partial charge in [0, 0.05) is 12.1 Å². The number of benzene rings is 1. The molecule has 1 N–H and O–H groups in total. The number of ether oxygens (including phenoxy) is 1. The minimum atomic E-state index is -0.543. The van der Waals surface area contributed by atoms with E-state index in [-0.39, 0.29) is 22.6 Å². The minimum Gasteiger partial charge on any atom is -0.506 e. The second-order valence-electron chi connectivity index (χ2n) is 4.93. The van der Waals surface area contributed by atoms with E-state index < -0.39 is 6.04 Å². The van der Waals surface area contributed by atoms with Gasteiger partial charge >= 0.3 is 5.97 Å². The number of rotatable bonds is 3. The quantitative estimate of drug-likeness (QED) is 0.871. The highest BCUT2D eigenvalue weighted by Gasteiger charge is 2.33. The van der Waals surface area contributed by atoms with Gasteiger partial charge < -0.3 is 14.7 Å². The topological polar surface area (TPSA) is 66.8 Å². The van der Waals surface area contributed by atoms with E-state index in [4.69, 9.17) is 16.3 Å². The van der Waals surface area contributed by atoms with E-state index in [0.717, 1.165) is 12.8 Å². The van der Waals surface area contributed by atoms with Crippen LogP contribution in [0.3, 0.4) is 0 Å². The molecule has 6 heteroatoms. The molecule has 1 saturated heterocycles. The number of esters is 1. The highest BCUT2D eigenvalue weighted by atomic mass is 35.5. The molecule has 21 heavy (non-hydrogen) atoms. The minimum absolute atomic E-state index is 0.0752. The van der Waals surface area contributed by atoms with Crippen molar-refractivity contribution in [3.8, 4) is 5.75 Å². The largest absolute Gasteiger partial charge is 0.506 e. The molecule has 0 bridgehead atoms. The van der Waals surface area contributed by atoms with Gasteiger partial charge in [0.15, 0.2) is 0 Å². The summed E-state index contributed by atoms with van der Waals surface area (Å²) in [6.07, 6.45) is 2.35. The molecule has 0 saturated carbocycles. The fourth-order valence-electron chi connectivity index (χ4n) is 2.46. The highest BCUT2D eigenvalue weighted by Crippen LogP contribution is 2.26. The first kappa shape index (κ1) is 15.6. The maximum atomic E-state index is 12.6. The van der Waals surface area contributed by atoms with Gasteiger partial charge in [0.05, 0.1) is 11.6 Å². The Kier molecular flexibility index (Phi) is 5.07. The van der Waals surface area contributed by atoms with Crippen molar-refractivity contribution >= 4 is 23.5 Å². The van der Waals surface area contributed by atoms with E-state index >= 15 is 0 Å². The van der Waals surface area contributed by atoms with Gasteiger partial charge in [0.1, 0.15) is 11.8 Å². The van der Waals surface area contributed by atoms with Gasteiger partial charge in [-0.3, -0.25) is 4.79 Å². The molecule has 2 rings (SSSR count). The number of carbonyl (C=O) groups excluding carboxylic acids is 2. The molecule has 1 aromatic rings. The second kappa shape index (κ2) is 6.80. The number of amides is 1. The molecule has 1 unspecified atom stereocenters. The first-order valence-corrected chi connectivity index (χ1v) is 7.38. The Morgan fingerprint density at radius 2 is 2.19 bits per heavy atom. The standard InChI is InChI=1S/C15H18ClNO4/c1-2-21-15(20)12-5-3-4-8-17(12)14(19)10-6-7-13(18)11(16)9-10/h6-7,9,12,18H,2-5,8H2,1H3. The molecular formula is C15H18ClNO4. The third-order valence-corrected chi connectivity index (χ3v) is 3.82. The van der Waals surface area contributed by atoms with Crippen molar-refractivity contribution in [2.45, 2.75) is 32.2 Å². The van der Waals surface area contributed by atoms with Gasteiger partial charge in [-0.2, -0.15) is 0 Å². The van der Waals surface area contributed by atoms with Crippen molar-refractivity contribution in [1.29, 1.82) is 0 Å². The Bertz CT molecular complexity index is 546. The molecule has 0 aliphatic carbocycles. The van der Waals surface area contributed by atoms with Crippen molar-refractivity contribution < 1.29 is 19.4 Å². The molecule has 0 aromatic heterocycles. The molecule has 1 atom stereocenters. The summed E-state index contributed by atoms with van der Waals surface area (Å²) in [5.74, 6) is -0.709. The summed E-state index contributed by atoms with van der Waals surface area (Å²) in [5.41, 5.74) is 0.356. The van der Waals surface area contributed by atoms with Crippen LogP contribution in [0.25, 0.3) is 0 Å². The van der Waals surface area contributed by atoms with Crippen molar-refractivity contribution in [3.05, 3.63) is 28.8 Å². The van der Waals surface area contributed by atoms with Crippen molar-refractivity contribution in [1.82, 2.24) is 4.90 Å². The fraction of sp³-hybridized carbons (Fsp3) is 0.467. The summed E-state index contributed by atoms with van der Waals surface area (Å²) < 4.78 is 5.04. The van der Waals surface area contributed by atoms with Crippen LogP contribution in [0.2, 0.25) is 5.02 Å². The van der Waals surface area contributed by atoms with Crippen LogP contribution < -0.4 is 0 Å². The Morgan fingerprint density at radius 3 is 2.86 bits per heavy atom. The lowest BCUT2D eigenvalue weighted by Gasteiger charge is -2.34. The molecule has 1 fully saturated rings. The average molecular weight is 312 g/mol. The highest BCUT2D eigenvalue weighted by molar-refractivity contribution is 6.32. The van der Waals surface area contributed by atoms with Crippen LogP contribution >= 0.6 is 11.6 Å². The summed E-state index contributed by atoms with van der Waals surface area (Å²) in [4.78, 5) is 26.1. The summed E-state index contributed by atoms with van der Waals surface area (Å²) in [6.45, 7) is 2.55. The molecule has 114 valence electrons. The van der Waals surface area contributed by atoms with Gasteiger partial charge in [0.2, 0.25) is 0 Å². The van der Waals surface area contributed by atoms with Crippen molar-refractivity contribution in [3.63, 3.8) is 0 Å². The predicted octanol–water partition coefficient (Wildman–Crippen LogP) is 2.60. The predicted molar refractivity (Wildman–Crippen MR) is 78.4 cm³/mol.